The van der Waals surface area contributed by atoms with Crippen LogP contribution in [0.25, 0.3) is 0 Å². The molecule has 61 valence electrons. The molecule has 0 saturated carbocycles. The van der Waals surface area contributed by atoms with Gasteiger partial charge in [-0.15, -0.1) is 0 Å². The van der Waals surface area contributed by atoms with E-state index in [4.69, 9.17) is 0 Å². The van der Waals surface area contributed by atoms with Crippen LogP contribution >= 0.6 is 0 Å². The van der Waals surface area contributed by atoms with Crippen molar-refractivity contribution in [2.24, 2.45) is 5.41 Å². The molecule has 0 N–H and O–H groups in total. The van der Waals surface area contributed by atoms with Crippen molar-refractivity contribution in [3.63, 3.8) is 0 Å². The fourth-order valence-corrected chi connectivity index (χ4v) is 0.924. The van der Waals surface area contributed by atoms with Crippen LogP contribution in [-0.4, -0.2) is 4.57 Å². The van der Waals surface area contributed by atoms with Crippen molar-refractivity contribution in [3.8, 4) is 0 Å². The first-order valence-corrected chi connectivity index (χ1v) is 4.11. The molecule has 11 heavy (non-hydrogen) atoms. The Morgan fingerprint density at radius 2 is 2.09 bits per heavy atom. The number of aromatic nitrogens is 1. The molecule has 0 fully saturated rings. The highest BCUT2D eigenvalue weighted by Gasteiger charge is 2.08. The van der Waals surface area contributed by atoms with E-state index in [0.717, 1.165) is 6.54 Å². The van der Waals surface area contributed by atoms with Crippen molar-refractivity contribution in [1.82, 2.24) is 4.57 Å². The Balaban J connectivity index is 2.35. The van der Waals surface area contributed by atoms with E-state index in [-0.39, 0.29) is 0 Å². The van der Waals surface area contributed by atoms with Crippen molar-refractivity contribution in [2.75, 3.05) is 0 Å². The van der Waals surface area contributed by atoms with Crippen LogP contribution in [-0.2, 0) is 6.54 Å². The summed E-state index contributed by atoms with van der Waals surface area (Å²) in [5.41, 5.74) is 0.429. The molecule has 1 heterocycles. The van der Waals surface area contributed by atoms with Gasteiger partial charge in [-0.05, 0) is 24.0 Å². The van der Waals surface area contributed by atoms with Crippen LogP contribution in [0, 0.1) is 11.6 Å². The van der Waals surface area contributed by atoms with Gasteiger partial charge in [-0.1, -0.05) is 20.8 Å². The van der Waals surface area contributed by atoms with Crippen LogP contribution < -0.4 is 0 Å². The minimum atomic E-state index is 0.429. The average Bonchev–Trinajstić information content (AvgIpc) is 2.32. The van der Waals surface area contributed by atoms with Gasteiger partial charge in [-0.2, -0.15) is 0 Å². The Labute approximate surface area is 69.0 Å². The third-order valence-corrected chi connectivity index (χ3v) is 1.71. The highest BCUT2D eigenvalue weighted by Crippen LogP contribution is 2.18. The molecule has 1 aromatic heterocycles. The summed E-state index contributed by atoms with van der Waals surface area (Å²) in [6, 6.07) is 3.96. The lowest BCUT2D eigenvalue weighted by Crippen LogP contribution is -2.09. The summed E-state index contributed by atoms with van der Waals surface area (Å²) in [5.74, 6) is 0. The number of nitrogens with zero attached hydrogens (tertiary/aromatic N) is 1. The van der Waals surface area contributed by atoms with Gasteiger partial charge in [-0.3, -0.25) is 0 Å². The van der Waals surface area contributed by atoms with Gasteiger partial charge in [-0.25, -0.2) is 0 Å². The molecule has 1 nitrogen and oxygen atoms in total. The van der Waals surface area contributed by atoms with Gasteiger partial charge in [0.1, 0.15) is 0 Å². The first-order chi connectivity index (χ1) is 5.08. The Morgan fingerprint density at radius 1 is 1.36 bits per heavy atom. The first-order valence-electron chi connectivity index (χ1n) is 4.11. The predicted octanol–water partition coefficient (Wildman–Crippen LogP) is 2.72. The standard InChI is InChI=1S/C10H16N/c1-10(2,3)6-9-11-7-4-5-8-11/h4-5,7H,6,9H2,1-3H3. The fourth-order valence-electron chi connectivity index (χ4n) is 0.924. The second-order valence-corrected chi connectivity index (χ2v) is 4.14. The van der Waals surface area contributed by atoms with Crippen LogP contribution in [0.15, 0.2) is 18.3 Å². The Kier molecular flexibility index (Phi) is 2.38. The summed E-state index contributed by atoms with van der Waals surface area (Å²) in [6.07, 6.45) is 6.39. The van der Waals surface area contributed by atoms with Crippen LogP contribution in [0.5, 0.6) is 0 Å². The van der Waals surface area contributed by atoms with E-state index in [9.17, 15) is 0 Å². The van der Waals surface area contributed by atoms with E-state index in [0.29, 0.717) is 5.41 Å². The summed E-state index contributed by atoms with van der Waals surface area (Å²) in [6.45, 7) is 7.86. The molecule has 0 aliphatic carbocycles. The first kappa shape index (κ1) is 8.38. The van der Waals surface area contributed by atoms with Crippen molar-refractivity contribution >= 4 is 0 Å². The summed E-state index contributed by atoms with van der Waals surface area (Å²) >= 11 is 0. The molecule has 1 radical (unpaired) electrons. The van der Waals surface area contributed by atoms with Crippen molar-refractivity contribution < 1.29 is 0 Å². The number of aryl methyl sites for hydroxylation is 1. The summed E-state index contributed by atoms with van der Waals surface area (Å²) in [7, 11) is 0. The van der Waals surface area contributed by atoms with Crippen LogP contribution in [0.4, 0.5) is 0 Å². The van der Waals surface area contributed by atoms with E-state index >= 15 is 0 Å². The maximum Gasteiger partial charge on any atom is 0.0647 e. The molecule has 0 atom stereocenters. The van der Waals surface area contributed by atoms with E-state index in [1.54, 1.807) is 0 Å². The van der Waals surface area contributed by atoms with Crippen LogP contribution in [0.3, 0.4) is 0 Å². The van der Waals surface area contributed by atoms with Crippen molar-refractivity contribution in [2.45, 2.75) is 33.7 Å². The van der Waals surface area contributed by atoms with Gasteiger partial charge in [0, 0.05) is 12.7 Å². The number of hydrogen-bond acceptors (Lipinski definition) is 0. The Hall–Kier alpha value is -0.720. The summed E-state index contributed by atoms with van der Waals surface area (Å²) in [5, 5.41) is 0. The van der Waals surface area contributed by atoms with E-state index in [2.05, 4.69) is 37.7 Å². The Bertz CT molecular complexity index is 191. The third-order valence-electron chi connectivity index (χ3n) is 1.71. The SMILES string of the molecule is CC(C)(C)CCn1[c]ccc1. The van der Waals surface area contributed by atoms with E-state index < -0.39 is 0 Å². The maximum absolute atomic E-state index is 3.13. The zero-order chi connectivity index (χ0) is 8.32. The normalized spacial score (nSPS) is 11.9. The zero-order valence-corrected chi connectivity index (χ0v) is 7.59. The molecule has 0 aliphatic heterocycles. The van der Waals surface area contributed by atoms with Gasteiger partial charge in [0.2, 0.25) is 0 Å². The minimum Gasteiger partial charge on any atom is -0.346 e. The molecule has 0 spiro atoms. The molecule has 0 amide bonds. The highest BCUT2D eigenvalue weighted by molar-refractivity contribution is 4.88. The quantitative estimate of drug-likeness (QED) is 0.611. The second kappa shape index (κ2) is 3.12. The molecular weight excluding hydrogens is 134 g/mol. The molecule has 0 aromatic carbocycles. The van der Waals surface area contributed by atoms with Gasteiger partial charge in [0.15, 0.2) is 0 Å². The summed E-state index contributed by atoms with van der Waals surface area (Å²) in [4.78, 5) is 0. The van der Waals surface area contributed by atoms with Gasteiger partial charge >= 0.3 is 0 Å². The molecule has 0 bridgehead atoms. The predicted molar refractivity (Wildman–Crippen MR) is 47.3 cm³/mol. The minimum absolute atomic E-state index is 0.429. The van der Waals surface area contributed by atoms with Crippen LogP contribution in [0.1, 0.15) is 27.2 Å². The molecule has 0 saturated heterocycles. The average molecular weight is 150 g/mol. The molecule has 0 unspecified atom stereocenters. The van der Waals surface area contributed by atoms with Gasteiger partial charge < -0.3 is 4.57 Å². The fraction of sp³-hybridized carbons (Fsp3) is 0.600. The molecular formula is C10H16N. The number of hydrogen-bond donors (Lipinski definition) is 0. The highest BCUT2D eigenvalue weighted by atomic mass is 14.9. The third kappa shape index (κ3) is 3.26. The van der Waals surface area contributed by atoms with E-state index in [1.807, 2.05) is 12.1 Å². The van der Waals surface area contributed by atoms with Gasteiger partial charge in [0.05, 0.1) is 6.20 Å². The van der Waals surface area contributed by atoms with Gasteiger partial charge in [0.25, 0.3) is 0 Å². The topological polar surface area (TPSA) is 4.93 Å². The van der Waals surface area contributed by atoms with Crippen molar-refractivity contribution in [1.29, 1.82) is 0 Å². The lowest BCUT2D eigenvalue weighted by molar-refractivity contribution is 0.350. The zero-order valence-electron chi connectivity index (χ0n) is 7.59. The number of rotatable bonds is 2. The smallest absolute Gasteiger partial charge is 0.0647 e. The van der Waals surface area contributed by atoms with E-state index in [1.165, 1.54) is 6.42 Å². The van der Waals surface area contributed by atoms with Crippen LogP contribution in [0.2, 0.25) is 0 Å². The lowest BCUT2D eigenvalue weighted by atomic mass is 9.92. The lowest BCUT2D eigenvalue weighted by Gasteiger charge is -2.17. The molecule has 0 aliphatic rings. The summed E-state index contributed by atoms with van der Waals surface area (Å²) < 4.78 is 2.10. The molecule has 1 heteroatoms. The monoisotopic (exact) mass is 150 g/mol. The maximum atomic E-state index is 3.13. The second-order valence-electron chi connectivity index (χ2n) is 4.14. The molecule has 1 rings (SSSR count). The Morgan fingerprint density at radius 3 is 2.55 bits per heavy atom. The molecule has 1 aromatic rings. The largest absolute Gasteiger partial charge is 0.346 e. The van der Waals surface area contributed by atoms with Crippen molar-refractivity contribution in [3.05, 3.63) is 24.5 Å².